The third-order valence-corrected chi connectivity index (χ3v) is 7.82. The van der Waals surface area contributed by atoms with Gasteiger partial charge in [-0.3, -0.25) is 0 Å². The number of aromatic nitrogens is 2. The molecular formula is C24H36N4. The highest BCUT2D eigenvalue weighted by molar-refractivity contribution is 5.76. The van der Waals surface area contributed by atoms with Crippen LogP contribution in [0.3, 0.4) is 0 Å². The zero-order valence-electron chi connectivity index (χ0n) is 17.4. The lowest BCUT2D eigenvalue weighted by molar-refractivity contribution is 0.0914. The molecule has 0 bridgehead atoms. The van der Waals surface area contributed by atoms with Crippen LogP contribution in [-0.2, 0) is 0 Å². The van der Waals surface area contributed by atoms with Crippen LogP contribution in [0, 0.1) is 5.92 Å². The van der Waals surface area contributed by atoms with Crippen molar-refractivity contribution in [2.45, 2.75) is 76.3 Å². The van der Waals surface area contributed by atoms with E-state index in [2.05, 4.69) is 46.0 Å². The second-order valence-corrected chi connectivity index (χ2v) is 9.42. The third-order valence-electron chi connectivity index (χ3n) is 7.82. The van der Waals surface area contributed by atoms with Gasteiger partial charge in [-0.2, -0.15) is 0 Å². The van der Waals surface area contributed by atoms with Crippen molar-refractivity contribution in [1.29, 1.82) is 0 Å². The summed E-state index contributed by atoms with van der Waals surface area (Å²) in [6.07, 6.45) is 11.0. The molecule has 2 aromatic rings. The fraction of sp³-hybridized carbons (Fsp3) is 0.708. The van der Waals surface area contributed by atoms with E-state index in [4.69, 9.17) is 4.98 Å². The number of likely N-dealkylation sites (tertiary alicyclic amines) is 1. The highest BCUT2D eigenvalue weighted by atomic mass is 15.2. The Kier molecular flexibility index (Phi) is 5.43. The Balaban J connectivity index is 1.34. The molecular weight excluding hydrogens is 344 g/mol. The number of para-hydroxylation sites is 2. The van der Waals surface area contributed by atoms with Crippen LogP contribution in [0.1, 0.15) is 76.1 Å². The summed E-state index contributed by atoms with van der Waals surface area (Å²) in [5.41, 5.74) is 2.53. The number of imidazole rings is 1. The first-order valence-corrected chi connectivity index (χ1v) is 11.7. The number of benzene rings is 1. The zero-order chi connectivity index (χ0) is 18.9. The fourth-order valence-corrected chi connectivity index (χ4v) is 6.08. The first-order valence-electron chi connectivity index (χ1n) is 11.7. The van der Waals surface area contributed by atoms with Crippen molar-refractivity contribution in [2.75, 3.05) is 26.2 Å². The second kappa shape index (κ2) is 8.16. The summed E-state index contributed by atoms with van der Waals surface area (Å²) in [5, 5.41) is 3.54. The van der Waals surface area contributed by atoms with Gasteiger partial charge in [-0.05, 0) is 63.6 Å². The molecule has 0 unspecified atom stereocenters. The van der Waals surface area contributed by atoms with E-state index in [1.807, 2.05) is 0 Å². The molecule has 1 saturated carbocycles. The van der Waals surface area contributed by atoms with Crippen LogP contribution in [-0.4, -0.2) is 46.7 Å². The monoisotopic (exact) mass is 380 g/mol. The highest BCUT2D eigenvalue weighted by Gasteiger charge is 2.32. The number of fused-ring (bicyclic) bond motifs is 1. The Morgan fingerprint density at radius 2 is 1.79 bits per heavy atom. The SMILES string of the molecule is C[C@H](C1CCCCC1)N1CCC(n2c([C@H]3CCNC3)nc3ccccc32)CC1. The fourth-order valence-electron chi connectivity index (χ4n) is 6.08. The van der Waals surface area contributed by atoms with E-state index < -0.39 is 0 Å². The lowest BCUT2D eigenvalue weighted by Crippen LogP contribution is -2.44. The van der Waals surface area contributed by atoms with Crippen molar-refractivity contribution in [2.24, 2.45) is 5.92 Å². The summed E-state index contributed by atoms with van der Waals surface area (Å²) >= 11 is 0. The van der Waals surface area contributed by atoms with Crippen LogP contribution in [0.15, 0.2) is 24.3 Å². The van der Waals surface area contributed by atoms with Gasteiger partial charge < -0.3 is 14.8 Å². The van der Waals surface area contributed by atoms with Crippen molar-refractivity contribution >= 4 is 11.0 Å². The molecule has 1 aliphatic carbocycles. The van der Waals surface area contributed by atoms with Crippen LogP contribution < -0.4 is 5.32 Å². The average molecular weight is 381 g/mol. The Morgan fingerprint density at radius 1 is 1.00 bits per heavy atom. The molecule has 0 amide bonds. The quantitative estimate of drug-likeness (QED) is 0.833. The van der Waals surface area contributed by atoms with Gasteiger partial charge in [-0.1, -0.05) is 31.4 Å². The highest BCUT2D eigenvalue weighted by Crippen LogP contribution is 2.36. The van der Waals surface area contributed by atoms with Gasteiger partial charge in [0.1, 0.15) is 5.82 Å². The Hall–Kier alpha value is -1.39. The molecule has 2 aliphatic heterocycles. The number of piperidine rings is 1. The van der Waals surface area contributed by atoms with E-state index in [-0.39, 0.29) is 0 Å². The van der Waals surface area contributed by atoms with Crippen molar-refractivity contribution in [3.05, 3.63) is 30.1 Å². The summed E-state index contributed by atoms with van der Waals surface area (Å²) < 4.78 is 2.63. The zero-order valence-corrected chi connectivity index (χ0v) is 17.4. The number of hydrogen-bond acceptors (Lipinski definition) is 3. The molecule has 3 heterocycles. The maximum absolute atomic E-state index is 5.11. The number of nitrogens with zero attached hydrogens (tertiary/aromatic N) is 3. The van der Waals surface area contributed by atoms with Gasteiger partial charge in [0.25, 0.3) is 0 Å². The molecule has 152 valence electrons. The van der Waals surface area contributed by atoms with Crippen LogP contribution in [0.5, 0.6) is 0 Å². The molecule has 4 heteroatoms. The van der Waals surface area contributed by atoms with Crippen molar-refractivity contribution < 1.29 is 0 Å². The van der Waals surface area contributed by atoms with Gasteiger partial charge in [-0.15, -0.1) is 0 Å². The van der Waals surface area contributed by atoms with Gasteiger partial charge in [0.2, 0.25) is 0 Å². The van der Waals surface area contributed by atoms with Crippen molar-refractivity contribution in [3.8, 4) is 0 Å². The average Bonchev–Trinajstić information content (AvgIpc) is 3.42. The number of nitrogens with one attached hydrogen (secondary N) is 1. The van der Waals surface area contributed by atoms with E-state index in [1.165, 1.54) is 81.3 Å². The van der Waals surface area contributed by atoms with Crippen LogP contribution >= 0.6 is 0 Å². The minimum atomic E-state index is 0.576. The maximum atomic E-state index is 5.11. The normalized spacial score (nSPS) is 26.8. The molecule has 5 rings (SSSR count). The maximum Gasteiger partial charge on any atom is 0.114 e. The van der Waals surface area contributed by atoms with Crippen LogP contribution in [0.2, 0.25) is 0 Å². The van der Waals surface area contributed by atoms with Gasteiger partial charge in [0, 0.05) is 37.6 Å². The predicted molar refractivity (Wildman–Crippen MR) is 116 cm³/mol. The van der Waals surface area contributed by atoms with E-state index in [1.54, 1.807) is 0 Å². The largest absolute Gasteiger partial charge is 0.324 e. The molecule has 3 aliphatic rings. The minimum Gasteiger partial charge on any atom is -0.324 e. The predicted octanol–water partition coefficient (Wildman–Crippen LogP) is 4.72. The van der Waals surface area contributed by atoms with Gasteiger partial charge in [0.05, 0.1) is 11.0 Å². The molecule has 1 N–H and O–H groups in total. The van der Waals surface area contributed by atoms with E-state index in [0.717, 1.165) is 25.0 Å². The lowest BCUT2D eigenvalue weighted by Gasteiger charge is -2.41. The first-order chi connectivity index (χ1) is 13.8. The van der Waals surface area contributed by atoms with Crippen LogP contribution in [0.25, 0.3) is 11.0 Å². The van der Waals surface area contributed by atoms with Gasteiger partial charge in [-0.25, -0.2) is 4.98 Å². The van der Waals surface area contributed by atoms with E-state index >= 15 is 0 Å². The Labute approximate surface area is 169 Å². The Bertz CT molecular complexity index is 777. The first kappa shape index (κ1) is 18.6. The summed E-state index contributed by atoms with van der Waals surface area (Å²) in [6, 6.07) is 10.2. The molecule has 2 atom stereocenters. The van der Waals surface area contributed by atoms with Crippen molar-refractivity contribution in [1.82, 2.24) is 19.8 Å². The van der Waals surface area contributed by atoms with Gasteiger partial charge in [0.15, 0.2) is 0 Å². The third kappa shape index (κ3) is 3.50. The summed E-state index contributed by atoms with van der Waals surface area (Å²) in [7, 11) is 0. The minimum absolute atomic E-state index is 0.576. The lowest BCUT2D eigenvalue weighted by atomic mass is 9.83. The standard InChI is InChI=1S/C24H36N4/c1-18(19-7-3-2-4-8-19)27-15-12-21(13-16-27)28-23-10-6-5-9-22(23)26-24(28)20-11-14-25-17-20/h5-6,9-10,18-21,25H,2-4,7-8,11-17H2,1H3/t18-,20+/m1/s1. The second-order valence-electron chi connectivity index (χ2n) is 9.42. The molecule has 28 heavy (non-hydrogen) atoms. The molecule has 1 aromatic carbocycles. The van der Waals surface area contributed by atoms with Gasteiger partial charge >= 0.3 is 0 Å². The van der Waals surface area contributed by atoms with E-state index in [9.17, 15) is 0 Å². The van der Waals surface area contributed by atoms with E-state index in [0.29, 0.717) is 12.0 Å². The smallest absolute Gasteiger partial charge is 0.114 e. The molecule has 0 radical (unpaired) electrons. The molecule has 0 spiro atoms. The van der Waals surface area contributed by atoms with Crippen LogP contribution in [0.4, 0.5) is 0 Å². The summed E-state index contributed by atoms with van der Waals surface area (Å²) in [6.45, 7) is 7.21. The molecule has 1 aromatic heterocycles. The number of hydrogen-bond donors (Lipinski definition) is 1. The molecule has 2 saturated heterocycles. The van der Waals surface area contributed by atoms with Crippen molar-refractivity contribution in [3.63, 3.8) is 0 Å². The molecule has 4 nitrogen and oxygen atoms in total. The summed E-state index contributed by atoms with van der Waals surface area (Å²) in [5.74, 6) is 2.84. The summed E-state index contributed by atoms with van der Waals surface area (Å²) in [4.78, 5) is 7.90. The molecule has 3 fully saturated rings. The Morgan fingerprint density at radius 3 is 2.54 bits per heavy atom. The topological polar surface area (TPSA) is 33.1 Å². The number of rotatable bonds is 4.